The Bertz CT molecular complexity index is 723. The summed E-state index contributed by atoms with van der Waals surface area (Å²) in [6.45, 7) is 5.55. The molecule has 2 aromatic carbocycles. The van der Waals surface area contributed by atoms with Crippen molar-refractivity contribution >= 4 is 40.0 Å². The summed E-state index contributed by atoms with van der Waals surface area (Å²) >= 11 is 7.92. The first-order valence-corrected chi connectivity index (χ1v) is 10.4. The maximum Gasteiger partial charge on any atom is 0.230 e. The van der Waals surface area contributed by atoms with Gasteiger partial charge in [0.2, 0.25) is 5.91 Å². The molecule has 3 rings (SSSR count). The average molecular weight is 377 g/mol. The first kappa shape index (κ1) is 18.6. The number of benzene rings is 2. The van der Waals surface area contributed by atoms with E-state index in [-0.39, 0.29) is 5.91 Å². The van der Waals surface area contributed by atoms with Crippen molar-refractivity contribution in [2.45, 2.75) is 37.1 Å². The molecular weight excluding hydrogens is 352 g/mol. The van der Waals surface area contributed by atoms with Gasteiger partial charge in [-0.2, -0.15) is 0 Å². The Kier molecular flexibility index (Phi) is 6.63. The molecule has 134 valence electrons. The van der Waals surface area contributed by atoms with Crippen molar-refractivity contribution in [3.05, 3.63) is 41.4 Å². The van der Waals surface area contributed by atoms with Crippen LogP contribution in [0.4, 0.5) is 0 Å². The summed E-state index contributed by atoms with van der Waals surface area (Å²) in [6, 6.07) is 12.3. The van der Waals surface area contributed by atoms with Crippen LogP contribution in [-0.4, -0.2) is 42.2 Å². The van der Waals surface area contributed by atoms with E-state index in [2.05, 4.69) is 29.3 Å². The number of hydrogen-bond donors (Lipinski definition) is 1. The van der Waals surface area contributed by atoms with Gasteiger partial charge in [0.1, 0.15) is 0 Å². The molecule has 0 unspecified atom stereocenters. The number of thioether (sulfide) groups is 1. The molecule has 1 N–H and O–H groups in total. The molecule has 5 heteroatoms. The summed E-state index contributed by atoms with van der Waals surface area (Å²) in [6.07, 6.45) is 3.30. The van der Waals surface area contributed by atoms with Crippen LogP contribution in [0.2, 0.25) is 5.02 Å². The van der Waals surface area contributed by atoms with Crippen molar-refractivity contribution in [2.24, 2.45) is 0 Å². The second-order valence-electron chi connectivity index (χ2n) is 6.57. The van der Waals surface area contributed by atoms with Crippen LogP contribution in [0.3, 0.4) is 0 Å². The SMILES string of the molecule is CCCN1CCC(NC(=O)CSc2cccc3cccc(Cl)c23)CC1. The highest BCUT2D eigenvalue weighted by atomic mass is 35.5. The number of halogens is 1. The van der Waals surface area contributed by atoms with Gasteiger partial charge < -0.3 is 10.2 Å². The van der Waals surface area contributed by atoms with Gasteiger partial charge in [0.15, 0.2) is 0 Å². The number of piperidine rings is 1. The zero-order valence-corrected chi connectivity index (χ0v) is 16.2. The molecule has 3 nitrogen and oxygen atoms in total. The summed E-state index contributed by atoms with van der Waals surface area (Å²) < 4.78 is 0. The molecule has 1 heterocycles. The fourth-order valence-corrected chi connectivity index (χ4v) is 4.67. The minimum absolute atomic E-state index is 0.114. The first-order chi connectivity index (χ1) is 12.2. The number of rotatable bonds is 6. The lowest BCUT2D eigenvalue weighted by atomic mass is 10.1. The van der Waals surface area contributed by atoms with Crippen molar-refractivity contribution in [3.63, 3.8) is 0 Å². The van der Waals surface area contributed by atoms with Gasteiger partial charge in [0, 0.05) is 34.4 Å². The summed E-state index contributed by atoms with van der Waals surface area (Å²) in [7, 11) is 0. The molecule has 0 aliphatic carbocycles. The molecule has 0 saturated carbocycles. The summed E-state index contributed by atoms with van der Waals surface area (Å²) in [5, 5.41) is 6.09. The molecule has 0 radical (unpaired) electrons. The molecule has 1 fully saturated rings. The number of nitrogens with one attached hydrogen (secondary N) is 1. The third-order valence-corrected chi connectivity index (χ3v) is 6.04. The van der Waals surface area contributed by atoms with Gasteiger partial charge in [0.25, 0.3) is 0 Å². The van der Waals surface area contributed by atoms with Crippen LogP contribution in [0.1, 0.15) is 26.2 Å². The highest BCUT2D eigenvalue weighted by Gasteiger charge is 2.20. The predicted octanol–water partition coefficient (Wildman–Crippen LogP) is 4.58. The van der Waals surface area contributed by atoms with Crippen LogP contribution in [-0.2, 0) is 4.79 Å². The molecule has 1 aliphatic rings. The van der Waals surface area contributed by atoms with Gasteiger partial charge in [-0.25, -0.2) is 0 Å². The zero-order valence-electron chi connectivity index (χ0n) is 14.6. The fraction of sp³-hybridized carbons (Fsp3) is 0.450. The third kappa shape index (κ3) is 4.90. The lowest BCUT2D eigenvalue weighted by Crippen LogP contribution is -2.45. The van der Waals surface area contributed by atoms with E-state index in [1.807, 2.05) is 24.3 Å². The number of fused-ring (bicyclic) bond motifs is 1. The Labute approximate surface area is 159 Å². The Morgan fingerprint density at radius 1 is 1.24 bits per heavy atom. The smallest absolute Gasteiger partial charge is 0.230 e. The van der Waals surface area contributed by atoms with Crippen LogP contribution >= 0.6 is 23.4 Å². The number of likely N-dealkylation sites (tertiary alicyclic amines) is 1. The Hall–Kier alpha value is -1.23. The highest BCUT2D eigenvalue weighted by molar-refractivity contribution is 8.00. The molecule has 0 spiro atoms. The predicted molar refractivity (Wildman–Crippen MR) is 108 cm³/mol. The molecule has 1 aliphatic heterocycles. The molecule has 25 heavy (non-hydrogen) atoms. The van der Waals surface area contributed by atoms with E-state index < -0.39 is 0 Å². The minimum atomic E-state index is 0.114. The highest BCUT2D eigenvalue weighted by Crippen LogP contribution is 2.33. The van der Waals surface area contributed by atoms with E-state index in [4.69, 9.17) is 11.6 Å². The van der Waals surface area contributed by atoms with Crippen LogP contribution < -0.4 is 5.32 Å². The van der Waals surface area contributed by atoms with Gasteiger partial charge in [0.05, 0.1) is 5.75 Å². The van der Waals surface area contributed by atoms with Crippen LogP contribution in [0.15, 0.2) is 41.3 Å². The van der Waals surface area contributed by atoms with Crippen LogP contribution in [0.25, 0.3) is 10.8 Å². The number of hydrogen-bond acceptors (Lipinski definition) is 3. The number of nitrogens with zero attached hydrogens (tertiary/aromatic N) is 1. The molecule has 0 atom stereocenters. The number of amides is 1. The van der Waals surface area contributed by atoms with E-state index in [0.717, 1.165) is 46.6 Å². The maximum absolute atomic E-state index is 12.3. The van der Waals surface area contributed by atoms with Crippen LogP contribution in [0, 0.1) is 0 Å². The number of carbonyl (C=O) groups excluding carboxylic acids is 1. The van der Waals surface area contributed by atoms with Gasteiger partial charge in [-0.1, -0.05) is 42.8 Å². The second kappa shape index (κ2) is 8.93. The zero-order chi connectivity index (χ0) is 17.6. The maximum atomic E-state index is 12.3. The van der Waals surface area contributed by atoms with E-state index >= 15 is 0 Å². The number of carbonyl (C=O) groups is 1. The summed E-state index contributed by atoms with van der Waals surface area (Å²) in [4.78, 5) is 15.9. The first-order valence-electron chi connectivity index (χ1n) is 8.99. The van der Waals surface area contributed by atoms with E-state index in [1.54, 1.807) is 11.8 Å². The summed E-state index contributed by atoms with van der Waals surface area (Å²) in [5.74, 6) is 0.544. The molecule has 2 aromatic rings. The Morgan fingerprint density at radius 2 is 1.96 bits per heavy atom. The topological polar surface area (TPSA) is 32.3 Å². The lowest BCUT2D eigenvalue weighted by Gasteiger charge is -2.32. The lowest BCUT2D eigenvalue weighted by molar-refractivity contribution is -0.119. The molecule has 0 aromatic heterocycles. The van der Waals surface area contributed by atoms with Gasteiger partial charge >= 0.3 is 0 Å². The van der Waals surface area contributed by atoms with E-state index in [0.29, 0.717) is 11.8 Å². The van der Waals surface area contributed by atoms with Crippen molar-refractivity contribution in [1.29, 1.82) is 0 Å². The van der Waals surface area contributed by atoms with Crippen molar-refractivity contribution < 1.29 is 4.79 Å². The van der Waals surface area contributed by atoms with E-state index in [1.165, 1.54) is 13.0 Å². The Morgan fingerprint density at radius 3 is 2.68 bits per heavy atom. The van der Waals surface area contributed by atoms with Crippen molar-refractivity contribution in [1.82, 2.24) is 10.2 Å². The molecule has 0 bridgehead atoms. The van der Waals surface area contributed by atoms with Crippen LogP contribution in [0.5, 0.6) is 0 Å². The molecule has 1 saturated heterocycles. The van der Waals surface area contributed by atoms with Crippen molar-refractivity contribution in [2.75, 3.05) is 25.4 Å². The minimum Gasteiger partial charge on any atom is -0.353 e. The van der Waals surface area contributed by atoms with Crippen molar-refractivity contribution in [3.8, 4) is 0 Å². The Balaban J connectivity index is 1.53. The van der Waals surface area contributed by atoms with Gasteiger partial charge in [-0.05, 0) is 43.3 Å². The fourth-order valence-electron chi connectivity index (χ4n) is 3.41. The van der Waals surface area contributed by atoms with Gasteiger partial charge in [-0.15, -0.1) is 11.8 Å². The second-order valence-corrected chi connectivity index (χ2v) is 7.99. The molecular formula is C20H25ClN2OS. The average Bonchev–Trinajstić information content (AvgIpc) is 2.62. The summed E-state index contributed by atoms with van der Waals surface area (Å²) in [5.41, 5.74) is 0. The third-order valence-electron chi connectivity index (χ3n) is 4.67. The van der Waals surface area contributed by atoms with E-state index in [9.17, 15) is 4.79 Å². The normalized spacial score (nSPS) is 16.2. The standard InChI is InChI=1S/C20H25ClN2OS/c1-2-11-23-12-9-16(10-13-23)22-19(24)14-25-18-8-4-6-15-5-3-7-17(21)20(15)18/h3-8,16H,2,9-14H2,1H3,(H,22,24). The monoisotopic (exact) mass is 376 g/mol. The molecule has 1 amide bonds. The quantitative estimate of drug-likeness (QED) is 0.749. The largest absolute Gasteiger partial charge is 0.353 e. The van der Waals surface area contributed by atoms with Gasteiger partial charge in [-0.3, -0.25) is 4.79 Å².